The Balaban J connectivity index is 1.32. The van der Waals surface area contributed by atoms with Crippen LogP contribution in [0, 0.1) is 17.8 Å². The van der Waals surface area contributed by atoms with E-state index in [1.807, 2.05) is 54.6 Å². The van der Waals surface area contributed by atoms with Crippen LogP contribution in [-0.2, 0) is 45.0 Å². The van der Waals surface area contributed by atoms with E-state index in [0.29, 0.717) is 48.5 Å². The Morgan fingerprint density at radius 1 is 0.940 bits per heavy atom. The van der Waals surface area contributed by atoms with Crippen LogP contribution in [-0.4, -0.2) is 63.1 Å². The predicted octanol–water partition coefficient (Wildman–Crippen LogP) is 3.20. The van der Waals surface area contributed by atoms with Crippen LogP contribution in [0.2, 0.25) is 0 Å². The summed E-state index contributed by atoms with van der Waals surface area (Å²) in [5, 5.41) is 16.8. The molecule has 4 amide bonds. The Bertz CT molecular complexity index is 1650. The van der Waals surface area contributed by atoms with Gasteiger partial charge in [-0.05, 0) is 80.5 Å². The van der Waals surface area contributed by atoms with E-state index >= 15 is 0 Å². The number of rotatable bonds is 8. The van der Waals surface area contributed by atoms with Crippen LogP contribution >= 0.6 is 0 Å². The summed E-state index contributed by atoms with van der Waals surface area (Å²) in [5.41, 5.74) is 1.80. The first kappa shape index (κ1) is 35.1. The molecule has 0 saturated heterocycles. The number of carbonyl (C=O) groups is 4. The van der Waals surface area contributed by atoms with E-state index in [9.17, 15) is 19.2 Å². The van der Waals surface area contributed by atoms with E-state index in [4.69, 9.17) is 14.8 Å². The largest absolute Gasteiger partial charge is 0.491 e. The number of nitrogens with zero attached hydrogens (tertiary/aromatic N) is 3. The van der Waals surface area contributed by atoms with Gasteiger partial charge in [0.05, 0.1) is 12.1 Å². The molecule has 12 nitrogen and oxygen atoms in total. The zero-order chi connectivity index (χ0) is 35.2. The molecular weight excluding hydrogens is 634 g/mol. The van der Waals surface area contributed by atoms with Crippen LogP contribution in [0.4, 0.5) is 0 Å². The van der Waals surface area contributed by atoms with Crippen LogP contribution in [0.3, 0.4) is 0 Å². The molecule has 0 spiro atoms. The molecule has 3 heterocycles. The highest BCUT2D eigenvalue weighted by atomic mass is 16.5. The second-order valence-electron chi connectivity index (χ2n) is 14.6. The van der Waals surface area contributed by atoms with Gasteiger partial charge in [0.1, 0.15) is 31.0 Å². The van der Waals surface area contributed by atoms with E-state index < -0.39 is 29.9 Å². The van der Waals surface area contributed by atoms with Crippen LogP contribution in [0.15, 0.2) is 54.6 Å². The summed E-state index contributed by atoms with van der Waals surface area (Å²) >= 11 is 0. The molecular formula is C38H49N7O5. The lowest BCUT2D eigenvalue weighted by Crippen LogP contribution is -2.54. The first-order valence-electron chi connectivity index (χ1n) is 18.0. The SMILES string of the molecule is CC(C)C[C@H]1COc2ccc(cc2)C[C@H](NC(=O)C2CC2)C(=O)N[C@H](C)C(=O)N[C@H](Cc2ccccc2)c2nc(CC3CC3)nn2CC(=O)N1. The molecule has 1 aromatic heterocycles. The number of fused-ring (bicyclic) bond motifs is 14. The Kier molecular flexibility index (Phi) is 11.1. The zero-order valence-corrected chi connectivity index (χ0v) is 29.2. The van der Waals surface area contributed by atoms with Crippen molar-refractivity contribution in [2.75, 3.05) is 6.61 Å². The van der Waals surface area contributed by atoms with Crippen molar-refractivity contribution in [3.8, 4) is 5.75 Å². The molecule has 2 aliphatic carbocycles. The number of ether oxygens (including phenoxy) is 1. The van der Waals surface area contributed by atoms with Crippen molar-refractivity contribution in [2.45, 2.75) is 103 Å². The molecule has 0 radical (unpaired) electrons. The number of aromatic nitrogens is 3. The Morgan fingerprint density at radius 2 is 1.68 bits per heavy atom. The number of hydrogen-bond acceptors (Lipinski definition) is 7. The maximum atomic E-state index is 13.8. The zero-order valence-electron chi connectivity index (χ0n) is 29.2. The third-order valence-corrected chi connectivity index (χ3v) is 9.39. The van der Waals surface area contributed by atoms with Crippen molar-refractivity contribution in [3.05, 3.63) is 77.4 Å². The lowest BCUT2D eigenvalue weighted by molar-refractivity contribution is -0.132. The van der Waals surface area contributed by atoms with E-state index in [1.54, 1.807) is 11.6 Å². The molecule has 2 fully saturated rings. The summed E-state index contributed by atoms with van der Waals surface area (Å²) in [4.78, 5) is 58.9. The minimum Gasteiger partial charge on any atom is -0.491 e. The number of hydrogen-bond donors (Lipinski definition) is 4. The van der Waals surface area contributed by atoms with Gasteiger partial charge in [0, 0.05) is 18.8 Å². The minimum atomic E-state index is -0.926. The van der Waals surface area contributed by atoms with Gasteiger partial charge in [-0.15, -0.1) is 0 Å². The summed E-state index contributed by atoms with van der Waals surface area (Å²) in [6, 6.07) is 14.4. The highest BCUT2D eigenvalue weighted by Crippen LogP contribution is 2.32. The summed E-state index contributed by atoms with van der Waals surface area (Å²) < 4.78 is 7.75. The monoisotopic (exact) mass is 683 g/mol. The molecule has 4 atom stereocenters. The first-order chi connectivity index (χ1) is 24.1. The van der Waals surface area contributed by atoms with E-state index in [0.717, 1.165) is 36.8 Å². The highest BCUT2D eigenvalue weighted by molar-refractivity contribution is 5.93. The minimum absolute atomic E-state index is 0.0773. The van der Waals surface area contributed by atoms with Crippen LogP contribution < -0.4 is 26.0 Å². The maximum Gasteiger partial charge on any atom is 0.243 e. The van der Waals surface area contributed by atoms with Gasteiger partial charge in [0.2, 0.25) is 23.6 Å². The van der Waals surface area contributed by atoms with Gasteiger partial charge in [0.15, 0.2) is 11.6 Å². The second kappa shape index (κ2) is 15.9. The van der Waals surface area contributed by atoms with Gasteiger partial charge in [-0.25, -0.2) is 9.67 Å². The number of carbonyl (C=O) groups excluding carboxylic acids is 4. The fourth-order valence-corrected chi connectivity index (χ4v) is 6.32. The quantitative estimate of drug-likeness (QED) is 0.284. The topological polar surface area (TPSA) is 156 Å². The maximum absolute atomic E-state index is 13.8. The average Bonchev–Trinajstić information content (AvgIpc) is 4.02. The van der Waals surface area contributed by atoms with Crippen molar-refractivity contribution < 1.29 is 23.9 Å². The molecule has 2 saturated carbocycles. The molecule has 2 aromatic carbocycles. The van der Waals surface area contributed by atoms with Crippen LogP contribution in [0.5, 0.6) is 5.75 Å². The summed E-state index contributed by atoms with van der Waals surface area (Å²) in [6.07, 6.45) is 5.91. The Labute approximate surface area is 293 Å². The van der Waals surface area contributed by atoms with Gasteiger partial charge in [-0.1, -0.05) is 56.3 Å². The summed E-state index contributed by atoms with van der Waals surface area (Å²) in [6.45, 7) is 6.02. The third-order valence-electron chi connectivity index (χ3n) is 9.39. The first-order valence-corrected chi connectivity index (χ1v) is 18.0. The number of nitrogens with one attached hydrogen (secondary N) is 4. The fourth-order valence-electron chi connectivity index (χ4n) is 6.32. The van der Waals surface area contributed by atoms with E-state index in [1.165, 1.54) is 0 Å². The van der Waals surface area contributed by atoms with Crippen molar-refractivity contribution in [2.24, 2.45) is 17.8 Å². The molecule has 50 heavy (non-hydrogen) atoms. The third kappa shape index (κ3) is 9.92. The molecule has 4 N–H and O–H groups in total. The van der Waals surface area contributed by atoms with Gasteiger partial charge < -0.3 is 26.0 Å². The molecule has 2 aliphatic heterocycles. The highest BCUT2D eigenvalue weighted by Gasteiger charge is 2.34. The Hall–Kier alpha value is -4.74. The van der Waals surface area contributed by atoms with Crippen LogP contribution in [0.25, 0.3) is 0 Å². The number of amides is 4. The molecule has 7 rings (SSSR count). The summed E-state index contributed by atoms with van der Waals surface area (Å²) in [5.74, 6) is 1.26. The lowest BCUT2D eigenvalue weighted by Gasteiger charge is -2.25. The van der Waals surface area contributed by atoms with Gasteiger partial charge in [-0.3, -0.25) is 19.2 Å². The number of benzene rings is 2. The van der Waals surface area contributed by atoms with Gasteiger partial charge >= 0.3 is 0 Å². The van der Waals surface area contributed by atoms with Gasteiger partial charge in [-0.2, -0.15) is 5.10 Å². The molecule has 12 heteroatoms. The van der Waals surface area contributed by atoms with Crippen molar-refractivity contribution in [1.29, 1.82) is 0 Å². The summed E-state index contributed by atoms with van der Waals surface area (Å²) in [7, 11) is 0. The molecule has 3 aromatic rings. The molecule has 0 unspecified atom stereocenters. The molecule has 266 valence electrons. The van der Waals surface area contributed by atoms with E-state index in [-0.39, 0.29) is 43.3 Å². The molecule has 2 bridgehead atoms. The lowest BCUT2D eigenvalue weighted by atomic mass is 10.0. The van der Waals surface area contributed by atoms with Crippen molar-refractivity contribution in [1.82, 2.24) is 36.0 Å². The van der Waals surface area contributed by atoms with Crippen molar-refractivity contribution >= 4 is 23.6 Å². The van der Waals surface area contributed by atoms with Crippen LogP contribution in [0.1, 0.15) is 81.7 Å². The predicted molar refractivity (Wildman–Crippen MR) is 187 cm³/mol. The fraction of sp³-hybridized carbons (Fsp3) is 0.526. The standard InChI is InChI=1S/C38H49N7O5/c1-23(2)17-29-22-50-30-15-11-26(12-16-30)19-32(42-37(48)28-13-14-28)38(49)39-24(3)36(47)41-31(18-25-7-5-4-6-8-25)35-43-33(20-27-9-10-27)44-45(35)21-34(46)40-29/h4-8,11-12,15-16,23-24,27-29,31-32H,9-10,13-14,17-22H2,1-3H3,(H,39,49)(H,40,46)(H,41,47)(H,42,48)/t24-,29+,31-,32+/m1/s1. The van der Waals surface area contributed by atoms with Crippen molar-refractivity contribution in [3.63, 3.8) is 0 Å². The van der Waals surface area contributed by atoms with E-state index in [2.05, 4.69) is 35.1 Å². The Morgan fingerprint density at radius 3 is 2.36 bits per heavy atom. The molecule has 4 aliphatic rings. The second-order valence-corrected chi connectivity index (χ2v) is 14.6. The average molecular weight is 684 g/mol. The smallest absolute Gasteiger partial charge is 0.243 e. The van der Waals surface area contributed by atoms with Gasteiger partial charge in [0.25, 0.3) is 0 Å². The normalized spacial score (nSPS) is 23.6.